The van der Waals surface area contributed by atoms with Gasteiger partial charge in [0.1, 0.15) is 6.17 Å². The molecule has 0 aliphatic rings. The smallest absolute Gasteiger partial charge is 0.238 e. The average Bonchev–Trinajstić information content (AvgIpc) is 2.21. The fourth-order valence-electron chi connectivity index (χ4n) is 1.04. The first-order valence-corrected chi connectivity index (χ1v) is 6.12. The highest BCUT2D eigenvalue weighted by Gasteiger charge is 2.10. The Morgan fingerprint density at radius 3 is 2.40 bits per heavy atom. The molecule has 0 aromatic rings. The molecule has 5 heteroatoms. The number of alkyl halides is 3. The molecule has 0 radical (unpaired) electrons. The van der Waals surface area contributed by atoms with Gasteiger partial charge in [0, 0.05) is 18.6 Å². The van der Waals surface area contributed by atoms with E-state index in [9.17, 15) is 18.0 Å². The Hall–Kier alpha value is -0.190. The molecule has 0 spiro atoms. The van der Waals surface area contributed by atoms with E-state index < -0.39 is 12.6 Å². The maximum atomic E-state index is 12.9. The van der Waals surface area contributed by atoms with Gasteiger partial charge in [0.2, 0.25) is 6.43 Å². The van der Waals surface area contributed by atoms with Crippen molar-refractivity contribution in [2.24, 2.45) is 0 Å². The van der Waals surface area contributed by atoms with Crippen LogP contribution in [0.5, 0.6) is 0 Å². The summed E-state index contributed by atoms with van der Waals surface area (Å²) in [4.78, 5) is 10.8. The van der Waals surface area contributed by atoms with Crippen LogP contribution in [-0.2, 0) is 4.79 Å². The fourth-order valence-corrected chi connectivity index (χ4v) is 1.79. The molecule has 0 aliphatic heterocycles. The van der Waals surface area contributed by atoms with Crippen LogP contribution in [0.3, 0.4) is 0 Å². The summed E-state index contributed by atoms with van der Waals surface area (Å²) in [6.07, 6.45) is -2.70. The van der Waals surface area contributed by atoms with Crippen LogP contribution >= 0.6 is 11.8 Å². The molecule has 0 N–H and O–H groups in total. The lowest BCUT2D eigenvalue weighted by atomic mass is 10.1. The molecule has 1 unspecified atom stereocenters. The van der Waals surface area contributed by atoms with Gasteiger partial charge in [0.05, 0.1) is 0 Å². The highest BCUT2D eigenvalue weighted by molar-refractivity contribution is 8.13. The van der Waals surface area contributed by atoms with Gasteiger partial charge in [0.15, 0.2) is 5.12 Å². The van der Waals surface area contributed by atoms with Crippen LogP contribution in [0.2, 0.25) is 0 Å². The molecule has 0 heterocycles. The Morgan fingerprint density at radius 2 is 1.87 bits per heavy atom. The van der Waals surface area contributed by atoms with Gasteiger partial charge in [0.25, 0.3) is 0 Å². The number of halogens is 3. The largest absolute Gasteiger partial charge is 0.287 e. The van der Waals surface area contributed by atoms with E-state index in [1.54, 1.807) is 6.92 Å². The highest BCUT2D eigenvalue weighted by Crippen LogP contribution is 2.15. The molecule has 0 saturated carbocycles. The molecular formula is C10H17F3OS. The Balaban J connectivity index is 3.31. The van der Waals surface area contributed by atoms with Crippen LogP contribution in [0.25, 0.3) is 0 Å². The third-order valence-electron chi connectivity index (χ3n) is 1.91. The summed E-state index contributed by atoms with van der Waals surface area (Å²) in [5, 5.41) is 0.0954. The first-order chi connectivity index (χ1) is 7.06. The normalized spacial score (nSPS) is 13.1. The molecule has 0 aliphatic carbocycles. The van der Waals surface area contributed by atoms with E-state index in [-0.39, 0.29) is 24.4 Å². The molecule has 0 aromatic heterocycles. The fraction of sp³-hybridized carbons (Fsp3) is 0.900. The van der Waals surface area contributed by atoms with E-state index in [0.29, 0.717) is 18.6 Å². The predicted octanol–water partition coefficient (Wildman–Crippen LogP) is 3.82. The van der Waals surface area contributed by atoms with E-state index in [0.717, 1.165) is 0 Å². The Labute approximate surface area is 92.8 Å². The molecule has 1 nitrogen and oxygen atoms in total. The monoisotopic (exact) mass is 242 g/mol. The van der Waals surface area contributed by atoms with Gasteiger partial charge in [-0.25, -0.2) is 13.2 Å². The minimum absolute atomic E-state index is 0.0793. The number of hydrogen-bond donors (Lipinski definition) is 0. The van der Waals surface area contributed by atoms with Gasteiger partial charge in [-0.05, 0) is 19.3 Å². The first kappa shape index (κ1) is 14.8. The second kappa shape index (κ2) is 9.07. The van der Waals surface area contributed by atoms with Crippen molar-refractivity contribution in [2.75, 3.05) is 5.75 Å². The van der Waals surface area contributed by atoms with Gasteiger partial charge in [-0.15, -0.1) is 0 Å². The standard InChI is InChI=1S/C10H17F3OS/c1-2-10(14)15-7-3-4-8(11)5-6-9(12)13/h8-9H,2-7H2,1H3. The number of thioether (sulfide) groups is 1. The van der Waals surface area contributed by atoms with Crippen molar-refractivity contribution in [1.29, 1.82) is 0 Å². The van der Waals surface area contributed by atoms with Crippen LogP contribution in [0.15, 0.2) is 0 Å². The predicted molar refractivity (Wildman–Crippen MR) is 57.1 cm³/mol. The summed E-state index contributed by atoms with van der Waals surface area (Å²) in [5.74, 6) is 0.585. The van der Waals surface area contributed by atoms with Crippen molar-refractivity contribution >= 4 is 16.9 Å². The molecule has 0 aromatic carbocycles. The highest BCUT2D eigenvalue weighted by atomic mass is 32.2. The zero-order valence-corrected chi connectivity index (χ0v) is 9.66. The third-order valence-corrected chi connectivity index (χ3v) is 3.01. The molecule has 0 amide bonds. The van der Waals surface area contributed by atoms with Crippen molar-refractivity contribution in [3.8, 4) is 0 Å². The van der Waals surface area contributed by atoms with Crippen LogP contribution < -0.4 is 0 Å². The SMILES string of the molecule is CCC(=O)SCCCC(F)CCC(F)F. The lowest BCUT2D eigenvalue weighted by Gasteiger charge is -2.06. The van der Waals surface area contributed by atoms with Crippen molar-refractivity contribution in [2.45, 2.75) is 51.6 Å². The van der Waals surface area contributed by atoms with Gasteiger partial charge in [-0.3, -0.25) is 4.79 Å². The van der Waals surface area contributed by atoms with Crippen LogP contribution in [0, 0.1) is 0 Å². The summed E-state index contributed by atoms with van der Waals surface area (Å²) in [7, 11) is 0. The Bertz CT molecular complexity index is 176. The number of hydrogen-bond acceptors (Lipinski definition) is 2. The summed E-state index contributed by atoms with van der Waals surface area (Å²) < 4.78 is 36.4. The lowest BCUT2D eigenvalue weighted by Crippen LogP contribution is -2.04. The molecule has 1 atom stereocenters. The summed E-state index contributed by atoms with van der Waals surface area (Å²) in [6, 6.07) is 0. The van der Waals surface area contributed by atoms with Crippen molar-refractivity contribution in [1.82, 2.24) is 0 Å². The summed E-state index contributed by atoms with van der Waals surface area (Å²) >= 11 is 1.19. The Kier molecular flexibility index (Phi) is 8.95. The van der Waals surface area contributed by atoms with Crippen molar-refractivity contribution < 1.29 is 18.0 Å². The summed E-state index contributed by atoms with van der Waals surface area (Å²) in [6.45, 7) is 1.77. The van der Waals surface area contributed by atoms with Gasteiger partial charge in [-0.1, -0.05) is 18.7 Å². The van der Waals surface area contributed by atoms with Gasteiger partial charge in [-0.2, -0.15) is 0 Å². The van der Waals surface area contributed by atoms with Crippen LogP contribution in [0.1, 0.15) is 39.0 Å². The molecule has 15 heavy (non-hydrogen) atoms. The van der Waals surface area contributed by atoms with E-state index in [1.165, 1.54) is 11.8 Å². The van der Waals surface area contributed by atoms with Crippen molar-refractivity contribution in [3.05, 3.63) is 0 Å². The maximum absolute atomic E-state index is 12.9. The van der Waals surface area contributed by atoms with E-state index >= 15 is 0 Å². The second-order valence-electron chi connectivity index (χ2n) is 3.28. The topological polar surface area (TPSA) is 17.1 Å². The first-order valence-electron chi connectivity index (χ1n) is 5.14. The molecule has 0 rings (SSSR count). The molecule has 0 fully saturated rings. The quantitative estimate of drug-likeness (QED) is 0.602. The number of rotatable bonds is 8. The second-order valence-corrected chi connectivity index (χ2v) is 4.43. The minimum Gasteiger partial charge on any atom is -0.287 e. The van der Waals surface area contributed by atoms with Gasteiger partial charge >= 0.3 is 0 Å². The molecule has 0 bridgehead atoms. The lowest BCUT2D eigenvalue weighted by molar-refractivity contribution is -0.110. The maximum Gasteiger partial charge on any atom is 0.238 e. The molecule has 90 valence electrons. The van der Waals surface area contributed by atoms with Crippen LogP contribution in [-0.4, -0.2) is 23.5 Å². The zero-order chi connectivity index (χ0) is 11.7. The van der Waals surface area contributed by atoms with E-state index in [2.05, 4.69) is 0 Å². The summed E-state index contributed by atoms with van der Waals surface area (Å²) in [5.41, 5.74) is 0. The molecule has 0 saturated heterocycles. The average molecular weight is 242 g/mol. The van der Waals surface area contributed by atoms with Crippen molar-refractivity contribution in [3.63, 3.8) is 0 Å². The zero-order valence-electron chi connectivity index (χ0n) is 8.85. The minimum atomic E-state index is -2.42. The van der Waals surface area contributed by atoms with Crippen LogP contribution in [0.4, 0.5) is 13.2 Å². The number of carbonyl (C=O) groups is 1. The third kappa shape index (κ3) is 10.1. The Morgan fingerprint density at radius 1 is 1.20 bits per heavy atom. The van der Waals surface area contributed by atoms with E-state index in [1.807, 2.05) is 0 Å². The molecular weight excluding hydrogens is 225 g/mol. The number of carbonyl (C=O) groups excluding carboxylic acids is 1. The van der Waals surface area contributed by atoms with Gasteiger partial charge < -0.3 is 0 Å². The van der Waals surface area contributed by atoms with E-state index in [4.69, 9.17) is 0 Å².